The molecule has 8 heteroatoms. The molecule has 0 heterocycles. The molecule has 0 amide bonds. The van der Waals surface area contributed by atoms with E-state index in [-0.39, 0.29) is 5.41 Å². The molecule has 0 saturated heterocycles. The fourth-order valence-electron chi connectivity index (χ4n) is 2.82. The lowest BCUT2D eigenvalue weighted by Crippen LogP contribution is -2.45. The average Bonchev–Trinajstić information content (AvgIpc) is 2.54. The molecule has 0 saturated carbocycles. The summed E-state index contributed by atoms with van der Waals surface area (Å²) in [5.41, 5.74) is 0.157. The van der Waals surface area contributed by atoms with Crippen LogP contribution in [0, 0.1) is 11.3 Å². The second kappa shape index (κ2) is 10.2. The molecule has 0 radical (unpaired) electrons. The highest BCUT2D eigenvalue weighted by molar-refractivity contribution is 6.61. The van der Waals surface area contributed by atoms with E-state index in [1.54, 1.807) is 42.7 Å². The lowest BCUT2D eigenvalue weighted by Gasteiger charge is -2.35. The summed E-state index contributed by atoms with van der Waals surface area (Å²) in [6, 6.07) is 1.58. The van der Waals surface area contributed by atoms with E-state index in [0.717, 1.165) is 24.9 Å². The minimum Gasteiger partial charge on any atom is -0.377 e. The summed E-state index contributed by atoms with van der Waals surface area (Å²) < 4.78 is 33.2. The van der Waals surface area contributed by atoms with Gasteiger partial charge in [-0.1, -0.05) is 20.8 Å². The van der Waals surface area contributed by atoms with Gasteiger partial charge in [-0.3, -0.25) is 0 Å². The highest BCUT2D eigenvalue weighted by Crippen LogP contribution is 2.37. The third-order valence-electron chi connectivity index (χ3n) is 4.69. The summed E-state index contributed by atoms with van der Waals surface area (Å²) in [4.78, 5) is 0. The highest BCUT2D eigenvalue weighted by atomic mass is 28.4. The van der Waals surface area contributed by atoms with E-state index in [0.29, 0.717) is 5.92 Å². The van der Waals surface area contributed by atoms with Gasteiger partial charge in [-0.25, -0.2) is 0 Å². The molecule has 0 aliphatic heterocycles. The fourth-order valence-corrected chi connectivity index (χ4v) is 6.45. The number of rotatable bonds is 12. The van der Waals surface area contributed by atoms with E-state index in [4.69, 9.17) is 26.6 Å². The molecule has 0 N–H and O–H groups in total. The van der Waals surface area contributed by atoms with Gasteiger partial charge in [-0.15, -0.1) is 0 Å². The normalized spacial score (nSPS) is 13.8. The lowest BCUT2D eigenvalue weighted by molar-refractivity contribution is 0.109. The first-order valence-electron chi connectivity index (χ1n) is 7.99. The van der Waals surface area contributed by atoms with Gasteiger partial charge in [-0.05, 0) is 24.2 Å². The Labute approximate surface area is 144 Å². The SMILES string of the molecule is CO[Si](CCC(CC[Si](OC)(OC)OC)C(C)(C)C)(OC)OC. The second-order valence-corrected chi connectivity index (χ2v) is 12.9. The standard InChI is InChI=1S/C15H36O6Si2/c1-15(2,3)14(10-12-22(16-4,17-5)18-6)11-13-23(19-7,20-8)21-9/h14H,10-13H2,1-9H3. The van der Waals surface area contributed by atoms with Gasteiger partial charge in [0.2, 0.25) is 0 Å². The molecule has 6 nitrogen and oxygen atoms in total. The topological polar surface area (TPSA) is 55.4 Å². The van der Waals surface area contributed by atoms with Gasteiger partial charge in [0.25, 0.3) is 0 Å². The van der Waals surface area contributed by atoms with Gasteiger partial charge < -0.3 is 26.6 Å². The van der Waals surface area contributed by atoms with Gasteiger partial charge >= 0.3 is 17.6 Å². The quantitative estimate of drug-likeness (QED) is 0.493. The Kier molecular flexibility index (Phi) is 10.3. The van der Waals surface area contributed by atoms with Crippen molar-refractivity contribution in [2.75, 3.05) is 42.7 Å². The van der Waals surface area contributed by atoms with Crippen molar-refractivity contribution in [3.63, 3.8) is 0 Å². The lowest BCUT2D eigenvalue weighted by atomic mass is 9.77. The molecule has 0 aromatic carbocycles. The van der Waals surface area contributed by atoms with Crippen molar-refractivity contribution in [2.45, 2.75) is 45.7 Å². The van der Waals surface area contributed by atoms with Gasteiger partial charge in [-0.2, -0.15) is 0 Å². The van der Waals surface area contributed by atoms with Crippen LogP contribution in [0.2, 0.25) is 12.1 Å². The van der Waals surface area contributed by atoms with Crippen molar-refractivity contribution in [3.05, 3.63) is 0 Å². The summed E-state index contributed by atoms with van der Waals surface area (Å²) in [5, 5.41) is 0. The van der Waals surface area contributed by atoms with Gasteiger partial charge in [0.1, 0.15) is 0 Å². The van der Waals surface area contributed by atoms with Crippen molar-refractivity contribution in [3.8, 4) is 0 Å². The Morgan fingerprint density at radius 1 is 0.609 bits per heavy atom. The Bertz CT molecular complexity index is 273. The zero-order valence-electron chi connectivity index (χ0n) is 16.4. The summed E-state index contributed by atoms with van der Waals surface area (Å²) in [7, 11) is 4.86. The van der Waals surface area contributed by atoms with Crippen LogP contribution in [0.5, 0.6) is 0 Å². The van der Waals surface area contributed by atoms with Crippen molar-refractivity contribution in [1.29, 1.82) is 0 Å². The van der Waals surface area contributed by atoms with Crippen LogP contribution < -0.4 is 0 Å². The minimum atomic E-state index is -2.54. The Balaban J connectivity index is 4.92. The molecule has 0 aliphatic rings. The minimum absolute atomic E-state index is 0.157. The molecule has 0 aromatic rings. The summed E-state index contributed by atoms with van der Waals surface area (Å²) in [5.74, 6) is 0.460. The van der Waals surface area contributed by atoms with Gasteiger partial charge in [0.15, 0.2) is 0 Å². The molecule has 0 unspecified atom stereocenters. The maximum absolute atomic E-state index is 5.54. The van der Waals surface area contributed by atoms with Gasteiger partial charge in [0.05, 0.1) is 0 Å². The molecule has 0 aromatic heterocycles. The predicted octanol–water partition coefficient (Wildman–Crippen LogP) is 3.19. The van der Waals surface area contributed by atoms with Crippen LogP contribution in [0.15, 0.2) is 0 Å². The van der Waals surface area contributed by atoms with Crippen molar-refractivity contribution in [2.24, 2.45) is 11.3 Å². The largest absolute Gasteiger partial charge is 0.500 e. The highest BCUT2D eigenvalue weighted by Gasteiger charge is 2.42. The fraction of sp³-hybridized carbons (Fsp3) is 1.00. The zero-order valence-corrected chi connectivity index (χ0v) is 18.4. The molecule has 23 heavy (non-hydrogen) atoms. The van der Waals surface area contributed by atoms with E-state index in [2.05, 4.69) is 20.8 Å². The van der Waals surface area contributed by atoms with Crippen LogP contribution in [-0.4, -0.2) is 60.3 Å². The predicted molar refractivity (Wildman–Crippen MR) is 95.4 cm³/mol. The van der Waals surface area contributed by atoms with Crippen LogP contribution >= 0.6 is 0 Å². The smallest absolute Gasteiger partial charge is 0.377 e. The van der Waals surface area contributed by atoms with Crippen LogP contribution in [0.3, 0.4) is 0 Å². The molecule has 0 bridgehead atoms. The molecule has 0 spiro atoms. The first kappa shape index (κ1) is 23.2. The molecule has 0 atom stereocenters. The zero-order chi connectivity index (χ0) is 18.1. The maximum Gasteiger partial charge on any atom is 0.500 e. The summed E-state index contributed by atoms with van der Waals surface area (Å²) in [6.45, 7) is 6.76. The first-order valence-corrected chi connectivity index (χ1v) is 11.9. The van der Waals surface area contributed by atoms with Crippen molar-refractivity contribution >= 4 is 17.6 Å². The Morgan fingerprint density at radius 2 is 0.870 bits per heavy atom. The molecule has 0 aliphatic carbocycles. The molecular weight excluding hydrogens is 332 g/mol. The third kappa shape index (κ3) is 6.91. The molecule has 0 rings (SSSR count). The molecular formula is C15H36O6Si2. The monoisotopic (exact) mass is 368 g/mol. The van der Waals surface area contributed by atoms with E-state index in [1.165, 1.54) is 0 Å². The maximum atomic E-state index is 5.54. The van der Waals surface area contributed by atoms with E-state index >= 15 is 0 Å². The second-order valence-electron chi connectivity index (χ2n) is 6.73. The van der Waals surface area contributed by atoms with Crippen LogP contribution in [-0.2, 0) is 26.6 Å². The van der Waals surface area contributed by atoms with Crippen molar-refractivity contribution < 1.29 is 26.6 Å². The summed E-state index contributed by atoms with van der Waals surface area (Å²) >= 11 is 0. The average molecular weight is 369 g/mol. The summed E-state index contributed by atoms with van der Waals surface area (Å²) in [6.07, 6.45) is 1.93. The number of hydrogen-bond donors (Lipinski definition) is 0. The molecule has 140 valence electrons. The van der Waals surface area contributed by atoms with Crippen LogP contribution in [0.1, 0.15) is 33.6 Å². The Hall–Kier alpha value is 0.194. The molecule has 0 fully saturated rings. The van der Waals surface area contributed by atoms with Crippen molar-refractivity contribution in [1.82, 2.24) is 0 Å². The van der Waals surface area contributed by atoms with E-state index < -0.39 is 17.6 Å². The third-order valence-corrected chi connectivity index (χ3v) is 10.2. The van der Waals surface area contributed by atoms with Gasteiger partial charge in [0, 0.05) is 54.7 Å². The van der Waals surface area contributed by atoms with E-state index in [1.807, 2.05) is 0 Å². The van der Waals surface area contributed by atoms with E-state index in [9.17, 15) is 0 Å². The first-order chi connectivity index (χ1) is 10.7. The number of hydrogen-bond acceptors (Lipinski definition) is 6. The van der Waals surface area contributed by atoms with Crippen LogP contribution in [0.25, 0.3) is 0 Å². The Morgan fingerprint density at radius 3 is 1.04 bits per heavy atom. The van der Waals surface area contributed by atoms with Crippen LogP contribution in [0.4, 0.5) is 0 Å².